The van der Waals surface area contributed by atoms with E-state index in [1.807, 2.05) is 0 Å². The molecule has 106 valence electrons. The van der Waals surface area contributed by atoms with Crippen LogP contribution in [0.4, 0.5) is 0 Å². The molecule has 0 aromatic heterocycles. The van der Waals surface area contributed by atoms with E-state index in [-0.39, 0.29) is 5.91 Å². The molecule has 1 N–H and O–H groups in total. The van der Waals surface area contributed by atoms with Crippen LogP contribution >= 0.6 is 0 Å². The van der Waals surface area contributed by atoms with E-state index in [9.17, 15) is 4.79 Å². The van der Waals surface area contributed by atoms with Crippen LogP contribution in [0.1, 0.15) is 46.5 Å². The molecule has 2 nitrogen and oxygen atoms in total. The molecular formula is C16H25NOSe. The Morgan fingerprint density at radius 3 is 2.32 bits per heavy atom. The minimum absolute atomic E-state index is 0.100. The van der Waals surface area contributed by atoms with Gasteiger partial charge in [-0.2, -0.15) is 0 Å². The Balaban J connectivity index is 2.74. The molecule has 1 rings (SSSR count). The first-order chi connectivity index (χ1) is 9.17. The van der Waals surface area contributed by atoms with Crippen molar-refractivity contribution in [2.75, 3.05) is 0 Å². The topological polar surface area (TPSA) is 29.1 Å². The number of amides is 1. The Kier molecular flexibility index (Phi) is 7.85. The van der Waals surface area contributed by atoms with Gasteiger partial charge in [0.25, 0.3) is 0 Å². The quantitative estimate of drug-likeness (QED) is 0.731. The zero-order valence-corrected chi connectivity index (χ0v) is 13.9. The fourth-order valence-corrected chi connectivity index (χ4v) is 5.13. The van der Waals surface area contributed by atoms with Crippen molar-refractivity contribution < 1.29 is 4.79 Å². The van der Waals surface area contributed by atoms with Crippen LogP contribution in [0, 0.1) is 0 Å². The van der Waals surface area contributed by atoms with Crippen molar-refractivity contribution in [1.29, 1.82) is 0 Å². The summed E-state index contributed by atoms with van der Waals surface area (Å²) in [6.45, 7) is 6.04. The molecule has 0 bridgehead atoms. The van der Waals surface area contributed by atoms with Crippen LogP contribution in [0.15, 0.2) is 30.3 Å². The van der Waals surface area contributed by atoms with Gasteiger partial charge in [0.2, 0.25) is 0 Å². The fourth-order valence-electron chi connectivity index (χ4n) is 2.22. The van der Waals surface area contributed by atoms with E-state index in [4.69, 9.17) is 0 Å². The van der Waals surface area contributed by atoms with Crippen molar-refractivity contribution in [2.45, 2.75) is 57.3 Å². The molecule has 0 aliphatic carbocycles. The van der Waals surface area contributed by atoms with Gasteiger partial charge >= 0.3 is 123 Å². The Bertz CT molecular complexity index is 366. The summed E-state index contributed by atoms with van der Waals surface area (Å²) in [6.07, 6.45) is 4.58. The van der Waals surface area contributed by atoms with Crippen LogP contribution in [0.5, 0.6) is 0 Å². The number of nitrogens with one attached hydrogen (secondary N) is 1. The number of carbonyl (C=O) groups is 1. The Hall–Kier alpha value is -0.791. The Morgan fingerprint density at radius 2 is 1.79 bits per heavy atom. The second-order valence-electron chi connectivity index (χ2n) is 4.85. The predicted octanol–water partition coefficient (Wildman–Crippen LogP) is 2.91. The molecule has 1 amide bonds. The van der Waals surface area contributed by atoms with Gasteiger partial charge in [-0.05, 0) is 0 Å². The Labute approximate surface area is 123 Å². The normalized spacial score (nSPS) is 13.8. The molecule has 0 radical (unpaired) electrons. The maximum atomic E-state index is 11.4. The van der Waals surface area contributed by atoms with Crippen molar-refractivity contribution >= 4 is 25.3 Å². The van der Waals surface area contributed by atoms with E-state index in [2.05, 4.69) is 49.5 Å². The first-order valence-corrected chi connectivity index (χ1v) is 9.00. The molecule has 0 heterocycles. The number of benzene rings is 1. The van der Waals surface area contributed by atoms with E-state index < -0.39 is 0 Å². The predicted molar refractivity (Wildman–Crippen MR) is 83.0 cm³/mol. The molecule has 0 saturated carbocycles. The van der Waals surface area contributed by atoms with E-state index in [1.54, 1.807) is 6.92 Å². The molecule has 1 aromatic rings. The third kappa shape index (κ3) is 6.26. The standard InChI is InChI=1S/C16H25NOSe/c1-4-9-15(17-13(3)18)16(10-5-2)19-14-11-7-6-8-12-14/h6-8,11-12,15-16H,4-5,9-10H2,1-3H3,(H,17,18)/t15-,16+/m0/s1. The van der Waals surface area contributed by atoms with Crippen molar-refractivity contribution in [2.24, 2.45) is 0 Å². The first-order valence-electron chi connectivity index (χ1n) is 7.16. The van der Waals surface area contributed by atoms with Crippen LogP contribution in [0.25, 0.3) is 0 Å². The van der Waals surface area contributed by atoms with Gasteiger partial charge in [-0.25, -0.2) is 0 Å². The summed E-state index contributed by atoms with van der Waals surface area (Å²) in [5.74, 6) is 0.100. The van der Waals surface area contributed by atoms with E-state index >= 15 is 0 Å². The molecule has 0 spiro atoms. The zero-order chi connectivity index (χ0) is 14.1. The summed E-state index contributed by atoms with van der Waals surface area (Å²) in [5.41, 5.74) is 0. The molecule has 0 aliphatic rings. The molecule has 0 fully saturated rings. The van der Waals surface area contributed by atoms with Gasteiger partial charge in [-0.1, -0.05) is 0 Å². The molecule has 19 heavy (non-hydrogen) atoms. The van der Waals surface area contributed by atoms with E-state index in [1.165, 1.54) is 17.3 Å². The Morgan fingerprint density at radius 1 is 1.16 bits per heavy atom. The summed E-state index contributed by atoms with van der Waals surface area (Å²) in [4.78, 5) is 12.0. The van der Waals surface area contributed by atoms with Gasteiger partial charge in [0.15, 0.2) is 0 Å². The van der Waals surface area contributed by atoms with E-state index in [0.29, 0.717) is 25.8 Å². The van der Waals surface area contributed by atoms with Crippen LogP contribution in [0.3, 0.4) is 0 Å². The maximum absolute atomic E-state index is 11.4. The molecule has 2 atom stereocenters. The van der Waals surface area contributed by atoms with Crippen molar-refractivity contribution in [3.8, 4) is 0 Å². The van der Waals surface area contributed by atoms with Gasteiger partial charge in [0.1, 0.15) is 0 Å². The van der Waals surface area contributed by atoms with Gasteiger partial charge in [-0.3, -0.25) is 0 Å². The average molecular weight is 326 g/mol. The molecule has 0 saturated heterocycles. The SMILES string of the molecule is CCC[C@H](NC(C)=O)[C@@H](CCC)[Se]c1ccccc1. The number of rotatable bonds is 8. The van der Waals surface area contributed by atoms with E-state index in [0.717, 1.165) is 12.8 Å². The third-order valence-electron chi connectivity index (χ3n) is 3.04. The second-order valence-corrected chi connectivity index (χ2v) is 7.61. The average Bonchev–Trinajstić information content (AvgIpc) is 2.38. The molecule has 1 aromatic carbocycles. The summed E-state index contributed by atoms with van der Waals surface area (Å²) < 4.78 is 1.43. The number of hydrogen-bond acceptors (Lipinski definition) is 1. The van der Waals surface area contributed by atoms with Gasteiger partial charge in [-0.15, -0.1) is 0 Å². The summed E-state index contributed by atoms with van der Waals surface area (Å²) in [7, 11) is 0. The third-order valence-corrected chi connectivity index (χ3v) is 6.00. The molecular weight excluding hydrogens is 301 g/mol. The van der Waals surface area contributed by atoms with Crippen molar-refractivity contribution in [3.05, 3.63) is 30.3 Å². The summed E-state index contributed by atoms with van der Waals surface area (Å²) in [5, 5.41) is 3.16. The van der Waals surface area contributed by atoms with Gasteiger partial charge in [0.05, 0.1) is 0 Å². The summed E-state index contributed by atoms with van der Waals surface area (Å²) in [6, 6.07) is 11.0. The minimum atomic E-state index is 0.100. The monoisotopic (exact) mass is 327 g/mol. The fraction of sp³-hybridized carbons (Fsp3) is 0.562. The molecule has 0 aliphatic heterocycles. The number of hydrogen-bond donors (Lipinski definition) is 1. The van der Waals surface area contributed by atoms with Crippen molar-refractivity contribution in [3.63, 3.8) is 0 Å². The van der Waals surface area contributed by atoms with Crippen molar-refractivity contribution in [1.82, 2.24) is 5.32 Å². The molecule has 3 heteroatoms. The zero-order valence-electron chi connectivity index (χ0n) is 12.2. The number of carbonyl (C=O) groups excluding carboxylic acids is 1. The van der Waals surface area contributed by atoms with Gasteiger partial charge in [0, 0.05) is 0 Å². The molecule has 0 unspecified atom stereocenters. The van der Waals surface area contributed by atoms with Crippen LogP contribution in [-0.2, 0) is 4.79 Å². The van der Waals surface area contributed by atoms with Gasteiger partial charge < -0.3 is 0 Å². The van der Waals surface area contributed by atoms with Crippen LogP contribution < -0.4 is 9.78 Å². The second kappa shape index (κ2) is 9.17. The van der Waals surface area contributed by atoms with Crippen LogP contribution in [-0.4, -0.2) is 26.9 Å². The summed E-state index contributed by atoms with van der Waals surface area (Å²) >= 11 is 0.430. The first kappa shape index (κ1) is 16.3. The van der Waals surface area contributed by atoms with Crippen LogP contribution in [0.2, 0.25) is 4.82 Å².